The van der Waals surface area contributed by atoms with Gasteiger partial charge in [0.1, 0.15) is 23.5 Å². The number of rotatable bonds is 4. The number of carboxylic acid groups (broad SMARTS) is 1. The van der Waals surface area contributed by atoms with Crippen LogP contribution in [0, 0.1) is 0 Å². The molecule has 0 saturated heterocycles. The van der Waals surface area contributed by atoms with Crippen molar-refractivity contribution in [2.45, 2.75) is 32.8 Å². The van der Waals surface area contributed by atoms with Crippen LogP contribution in [0.5, 0.6) is 5.75 Å². The Balaban J connectivity index is 1.78. The molecule has 0 aliphatic rings. The Kier molecular flexibility index (Phi) is 4.55. The molecule has 134 valence electrons. The van der Waals surface area contributed by atoms with Crippen LogP contribution in [-0.4, -0.2) is 11.1 Å². The summed E-state index contributed by atoms with van der Waals surface area (Å²) in [4.78, 5) is 22.7. The molecule has 0 aliphatic heterocycles. The van der Waals surface area contributed by atoms with E-state index in [4.69, 9.17) is 14.3 Å². The lowest BCUT2D eigenvalue weighted by Crippen LogP contribution is -2.12. The van der Waals surface area contributed by atoms with Gasteiger partial charge in [-0.1, -0.05) is 45.0 Å². The molecular formula is C21H20O5. The number of ether oxygens (including phenoxy) is 1. The second kappa shape index (κ2) is 6.67. The van der Waals surface area contributed by atoms with E-state index >= 15 is 0 Å². The van der Waals surface area contributed by atoms with Crippen LogP contribution in [-0.2, 0) is 12.0 Å². The van der Waals surface area contributed by atoms with E-state index in [1.165, 1.54) is 11.6 Å². The quantitative estimate of drug-likeness (QED) is 0.706. The van der Waals surface area contributed by atoms with Crippen molar-refractivity contribution in [2.75, 3.05) is 0 Å². The van der Waals surface area contributed by atoms with Gasteiger partial charge in [-0.05, 0) is 34.7 Å². The van der Waals surface area contributed by atoms with E-state index < -0.39 is 11.6 Å². The van der Waals surface area contributed by atoms with Gasteiger partial charge < -0.3 is 14.3 Å². The fraction of sp³-hybridized carbons (Fsp3) is 0.238. The smallest absolute Gasteiger partial charge is 0.351 e. The van der Waals surface area contributed by atoms with Gasteiger partial charge in [-0.3, -0.25) is 0 Å². The molecule has 5 nitrogen and oxygen atoms in total. The number of hydrogen-bond acceptors (Lipinski definition) is 4. The number of fused-ring (bicyclic) bond motifs is 1. The van der Waals surface area contributed by atoms with Gasteiger partial charge in [0.05, 0.1) is 0 Å². The summed E-state index contributed by atoms with van der Waals surface area (Å²) >= 11 is 0. The van der Waals surface area contributed by atoms with Crippen molar-refractivity contribution in [1.82, 2.24) is 0 Å². The lowest BCUT2D eigenvalue weighted by molar-refractivity contribution is 0.0692. The number of carbonyl (C=O) groups is 1. The first-order valence-electron chi connectivity index (χ1n) is 8.27. The molecule has 2 aromatic carbocycles. The Morgan fingerprint density at radius 1 is 1.08 bits per heavy atom. The maximum absolute atomic E-state index is 11.7. The monoisotopic (exact) mass is 352 g/mol. The van der Waals surface area contributed by atoms with Gasteiger partial charge in [0.15, 0.2) is 0 Å². The van der Waals surface area contributed by atoms with Crippen molar-refractivity contribution in [3.63, 3.8) is 0 Å². The molecule has 0 unspecified atom stereocenters. The highest BCUT2D eigenvalue weighted by molar-refractivity contribution is 5.91. The molecular weight excluding hydrogens is 332 g/mol. The average Bonchev–Trinajstić information content (AvgIpc) is 2.58. The number of carboxylic acids is 1. The maximum atomic E-state index is 11.7. The molecule has 0 aliphatic carbocycles. The van der Waals surface area contributed by atoms with Gasteiger partial charge in [-0.15, -0.1) is 0 Å². The highest BCUT2D eigenvalue weighted by Gasteiger charge is 2.14. The minimum atomic E-state index is -1.31. The Morgan fingerprint density at radius 3 is 2.38 bits per heavy atom. The Morgan fingerprint density at radius 2 is 1.77 bits per heavy atom. The molecule has 0 amide bonds. The van der Waals surface area contributed by atoms with Crippen molar-refractivity contribution >= 4 is 16.9 Å². The van der Waals surface area contributed by atoms with Crippen LogP contribution < -0.4 is 10.4 Å². The van der Waals surface area contributed by atoms with E-state index in [1.54, 1.807) is 18.2 Å². The summed E-state index contributed by atoms with van der Waals surface area (Å²) in [5.74, 6) is -0.761. The second-order valence-electron chi connectivity index (χ2n) is 7.19. The van der Waals surface area contributed by atoms with Crippen LogP contribution in [0.3, 0.4) is 0 Å². The van der Waals surface area contributed by atoms with Gasteiger partial charge in [0.25, 0.3) is 0 Å². The summed E-state index contributed by atoms with van der Waals surface area (Å²) in [5, 5.41) is 9.51. The Hall–Kier alpha value is -3.08. The number of benzene rings is 2. The first-order valence-corrected chi connectivity index (χ1v) is 8.27. The lowest BCUT2D eigenvalue weighted by Gasteiger charge is -2.19. The van der Waals surface area contributed by atoms with Gasteiger partial charge in [0, 0.05) is 11.5 Å². The third kappa shape index (κ3) is 3.77. The standard InChI is InChI=1S/C21H20O5/c1-21(2,3)15-7-4-13(5-8-15)12-25-16-9-6-14-10-17(19(22)23)20(24)26-18(14)11-16/h4-11H,12H2,1-3H3,(H,22,23). The molecule has 3 aromatic rings. The average molecular weight is 352 g/mol. The Bertz CT molecular complexity index is 1010. The molecule has 26 heavy (non-hydrogen) atoms. The van der Waals surface area contributed by atoms with E-state index in [0.717, 1.165) is 5.56 Å². The van der Waals surface area contributed by atoms with Gasteiger partial charge in [0.2, 0.25) is 0 Å². The van der Waals surface area contributed by atoms with Crippen LogP contribution in [0.4, 0.5) is 0 Å². The number of aromatic carboxylic acids is 1. The molecule has 5 heteroatoms. The molecule has 3 rings (SSSR count). The van der Waals surface area contributed by atoms with Crippen molar-refractivity contribution in [2.24, 2.45) is 0 Å². The summed E-state index contributed by atoms with van der Waals surface area (Å²) in [5.41, 5.74) is 1.42. The predicted octanol–water partition coefficient (Wildman–Crippen LogP) is 4.37. The minimum Gasteiger partial charge on any atom is -0.489 e. The predicted molar refractivity (Wildman–Crippen MR) is 98.9 cm³/mol. The fourth-order valence-corrected chi connectivity index (χ4v) is 2.60. The molecule has 0 atom stereocenters. The van der Waals surface area contributed by atoms with Crippen molar-refractivity contribution in [1.29, 1.82) is 0 Å². The summed E-state index contributed by atoms with van der Waals surface area (Å²) in [6.07, 6.45) is 0. The van der Waals surface area contributed by atoms with Crippen molar-refractivity contribution in [3.8, 4) is 5.75 Å². The van der Waals surface area contributed by atoms with Crippen LogP contribution in [0.15, 0.2) is 57.7 Å². The second-order valence-corrected chi connectivity index (χ2v) is 7.19. The Labute approximate surface area is 150 Å². The van der Waals surface area contributed by atoms with Gasteiger partial charge in [-0.2, -0.15) is 0 Å². The highest BCUT2D eigenvalue weighted by Crippen LogP contribution is 2.24. The largest absolute Gasteiger partial charge is 0.489 e. The molecule has 0 bridgehead atoms. The normalized spacial score (nSPS) is 11.5. The van der Waals surface area contributed by atoms with Gasteiger partial charge in [-0.25, -0.2) is 9.59 Å². The van der Waals surface area contributed by atoms with Crippen molar-refractivity contribution < 1.29 is 19.1 Å². The van der Waals surface area contributed by atoms with Crippen LogP contribution >= 0.6 is 0 Å². The van der Waals surface area contributed by atoms with E-state index in [2.05, 4.69) is 32.9 Å². The lowest BCUT2D eigenvalue weighted by atomic mass is 9.87. The summed E-state index contributed by atoms with van der Waals surface area (Å²) < 4.78 is 10.8. The van der Waals surface area contributed by atoms with Crippen LogP contribution in [0.1, 0.15) is 42.3 Å². The molecule has 0 spiro atoms. The topological polar surface area (TPSA) is 76.7 Å². The maximum Gasteiger partial charge on any atom is 0.351 e. The van der Waals surface area contributed by atoms with E-state index in [1.807, 2.05) is 12.1 Å². The fourth-order valence-electron chi connectivity index (χ4n) is 2.60. The molecule has 0 saturated carbocycles. The zero-order valence-corrected chi connectivity index (χ0v) is 14.9. The van der Waals surface area contributed by atoms with E-state index in [0.29, 0.717) is 23.3 Å². The van der Waals surface area contributed by atoms with E-state index in [9.17, 15) is 9.59 Å². The zero-order chi connectivity index (χ0) is 18.9. The van der Waals surface area contributed by atoms with Gasteiger partial charge >= 0.3 is 11.6 Å². The van der Waals surface area contributed by atoms with Crippen molar-refractivity contribution in [3.05, 3.63) is 75.6 Å². The highest BCUT2D eigenvalue weighted by atomic mass is 16.5. The summed E-state index contributed by atoms with van der Waals surface area (Å²) in [7, 11) is 0. The SMILES string of the molecule is CC(C)(C)c1ccc(COc2ccc3cc(C(=O)O)c(=O)oc3c2)cc1. The van der Waals surface area contributed by atoms with Crippen LogP contribution in [0.2, 0.25) is 0 Å². The molecule has 0 fully saturated rings. The zero-order valence-electron chi connectivity index (χ0n) is 14.9. The van der Waals surface area contributed by atoms with E-state index in [-0.39, 0.29) is 11.0 Å². The first-order chi connectivity index (χ1) is 12.2. The van der Waals surface area contributed by atoms with Crippen LogP contribution in [0.25, 0.3) is 11.0 Å². The molecule has 1 aromatic heterocycles. The minimum absolute atomic E-state index is 0.101. The summed E-state index contributed by atoms with van der Waals surface area (Å²) in [6, 6.07) is 14.5. The summed E-state index contributed by atoms with van der Waals surface area (Å²) in [6.45, 7) is 6.87. The third-order valence-electron chi connectivity index (χ3n) is 4.16. The molecule has 1 N–H and O–H groups in total. The first kappa shape index (κ1) is 17.7. The molecule has 0 radical (unpaired) electrons. The molecule has 1 heterocycles. The number of hydrogen-bond donors (Lipinski definition) is 1. The third-order valence-corrected chi connectivity index (χ3v) is 4.16.